The molecule has 0 bridgehead atoms. The maximum absolute atomic E-state index is 12.1. The van der Waals surface area contributed by atoms with Crippen LogP contribution in [0.1, 0.15) is 28.8 Å². The first-order valence-corrected chi connectivity index (χ1v) is 7.85. The fourth-order valence-corrected chi connectivity index (χ4v) is 2.21. The fraction of sp³-hybridized carbons (Fsp3) is 0.158. The minimum absolute atomic E-state index is 0.0743. The molecule has 2 aromatic carbocycles. The molecule has 0 aliphatic rings. The minimum Gasteiger partial charge on any atom is -0.494 e. The van der Waals surface area contributed by atoms with Gasteiger partial charge < -0.3 is 9.84 Å². The Morgan fingerprint density at radius 2 is 1.88 bits per heavy atom. The van der Waals surface area contributed by atoms with Gasteiger partial charge in [-0.1, -0.05) is 29.8 Å². The van der Waals surface area contributed by atoms with Crippen molar-refractivity contribution in [2.75, 3.05) is 6.61 Å². The van der Waals surface area contributed by atoms with E-state index in [1.807, 2.05) is 12.1 Å². The minimum atomic E-state index is -0.842. The van der Waals surface area contributed by atoms with E-state index in [2.05, 4.69) is 0 Å². The predicted octanol–water partition coefficient (Wildman–Crippen LogP) is 4.48. The smallest absolute Gasteiger partial charge is 0.303 e. The van der Waals surface area contributed by atoms with E-state index in [9.17, 15) is 9.59 Å². The van der Waals surface area contributed by atoms with Crippen molar-refractivity contribution in [1.29, 1.82) is 0 Å². The molecule has 124 valence electrons. The number of rotatable bonds is 8. The third kappa shape index (κ3) is 5.89. The third-order valence-electron chi connectivity index (χ3n) is 3.22. The number of carbonyl (C=O) groups is 2. The molecule has 0 atom stereocenters. The van der Waals surface area contributed by atoms with Crippen LogP contribution >= 0.6 is 11.6 Å². The molecule has 0 saturated heterocycles. The number of hydrogen-bond donors (Lipinski definition) is 1. The third-order valence-corrected chi connectivity index (χ3v) is 3.45. The largest absolute Gasteiger partial charge is 0.494 e. The quantitative estimate of drug-likeness (QED) is 0.435. The van der Waals surface area contributed by atoms with Crippen molar-refractivity contribution in [2.24, 2.45) is 0 Å². The highest BCUT2D eigenvalue weighted by molar-refractivity contribution is 6.30. The van der Waals surface area contributed by atoms with Gasteiger partial charge in [-0.25, -0.2) is 0 Å². The summed E-state index contributed by atoms with van der Waals surface area (Å²) in [7, 11) is 0. The second-order valence-corrected chi connectivity index (χ2v) is 5.56. The van der Waals surface area contributed by atoms with E-state index in [0.717, 1.165) is 5.56 Å². The summed E-state index contributed by atoms with van der Waals surface area (Å²) in [4.78, 5) is 22.5. The van der Waals surface area contributed by atoms with E-state index in [1.165, 1.54) is 6.08 Å². The zero-order chi connectivity index (χ0) is 17.4. The van der Waals surface area contributed by atoms with Crippen molar-refractivity contribution in [3.63, 3.8) is 0 Å². The van der Waals surface area contributed by atoms with E-state index in [-0.39, 0.29) is 12.2 Å². The number of benzene rings is 2. The monoisotopic (exact) mass is 344 g/mol. The first-order chi connectivity index (χ1) is 11.5. The molecule has 24 heavy (non-hydrogen) atoms. The Balaban J connectivity index is 1.90. The van der Waals surface area contributed by atoms with Gasteiger partial charge in [-0.15, -0.1) is 0 Å². The SMILES string of the molecule is O=C(O)CCCOc1ccc(C(=O)/C=C/c2cccc(Cl)c2)cc1. The van der Waals surface area contributed by atoms with Crippen molar-refractivity contribution in [3.8, 4) is 5.75 Å². The van der Waals surface area contributed by atoms with Gasteiger partial charge in [0, 0.05) is 17.0 Å². The molecule has 0 aliphatic carbocycles. The van der Waals surface area contributed by atoms with Gasteiger partial charge >= 0.3 is 5.97 Å². The molecule has 2 rings (SSSR count). The molecule has 4 nitrogen and oxygen atoms in total. The molecule has 5 heteroatoms. The van der Waals surface area contributed by atoms with Gasteiger partial charge in [-0.3, -0.25) is 9.59 Å². The molecule has 0 amide bonds. The van der Waals surface area contributed by atoms with Gasteiger partial charge in [0.2, 0.25) is 0 Å². The Labute approximate surface area is 145 Å². The van der Waals surface area contributed by atoms with Crippen molar-refractivity contribution < 1.29 is 19.4 Å². The van der Waals surface area contributed by atoms with Crippen LogP contribution in [0.25, 0.3) is 6.08 Å². The van der Waals surface area contributed by atoms with E-state index >= 15 is 0 Å². The molecule has 0 spiro atoms. The van der Waals surface area contributed by atoms with Crippen molar-refractivity contribution >= 4 is 29.4 Å². The predicted molar refractivity (Wildman–Crippen MR) is 93.6 cm³/mol. The van der Waals surface area contributed by atoms with Crippen molar-refractivity contribution in [3.05, 3.63) is 70.8 Å². The number of carboxylic acid groups (broad SMARTS) is 1. The maximum atomic E-state index is 12.1. The summed E-state index contributed by atoms with van der Waals surface area (Å²) >= 11 is 5.90. The van der Waals surface area contributed by atoms with Crippen molar-refractivity contribution in [1.82, 2.24) is 0 Å². The lowest BCUT2D eigenvalue weighted by Crippen LogP contribution is -2.02. The van der Waals surface area contributed by atoms with Crippen LogP contribution in [-0.2, 0) is 4.79 Å². The lowest BCUT2D eigenvalue weighted by molar-refractivity contribution is -0.137. The fourth-order valence-electron chi connectivity index (χ4n) is 2.01. The Morgan fingerprint density at radius 3 is 2.54 bits per heavy atom. The van der Waals surface area contributed by atoms with Crippen molar-refractivity contribution in [2.45, 2.75) is 12.8 Å². The summed E-state index contributed by atoms with van der Waals surface area (Å²) in [5.74, 6) is -0.353. The molecule has 1 N–H and O–H groups in total. The van der Waals surface area contributed by atoms with Gasteiger partial charge in [0.25, 0.3) is 0 Å². The number of allylic oxidation sites excluding steroid dienone is 1. The van der Waals surface area contributed by atoms with Crippen LogP contribution in [0.4, 0.5) is 0 Å². The molecule has 2 aromatic rings. The highest BCUT2D eigenvalue weighted by Crippen LogP contribution is 2.15. The van der Waals surface area contributed by atoms with E-state index in [0.29, 0.717) is 29.4 Å². The average molecular weight is 345 g/mol. The topological polar surface area (TPSA) is 63.6 Å². The Kier molecular flexibility index (Phi) is 6.58. The number of carbonyl (C=O) groups excluding carboxylic acids is 1. The maximum Gasteiger partial charge on any atom is 0.303 e. The van der Waals surface area contributed by atoms with Crippen LogP contribution in [0.15, 0.2) is 54.6 Å². The molecule has 0 heterocycles. The molecule has 0 unspecified atom stereocenters. The summed E-state index contributed by atoms with van der Waals surface area (Å²) in [6, 6.07) is 14.0. The number of ketones is 1. The summed E-state index contributed by atoms with van der Waals surface area (Å²) in [5.41, 5.74) is 1.40. The summed E-state index contributed by atoms with van der Waals surface area (Å²) in [5, 5.41) is 9.17. The molecular formula is C19H17ClO4. The Morgan fingerprint density at radius 1 is 1.12 bits per heavy atom. The van der Waals surface area contributed by atoms with E-state index in [1.54, 1.807) is 42.5 Å². The molecule has 0 radical (unpaired) electrons. The van der Waals surface area contributed by atoms with Crippen LogP contribution in [0, 0.1) is 0 Å². The van der Waals surface area contributed by atoms with Crippen LogP contribution < -0.4 is 4.74 Å². The van der Waals surface area contributed by atoms with Gasteiger partial charge in [-0.05, 0) is 54.5 Å². The van der Waals surface area contributed by atoms with Crippen LogP contribution in [0.2, 0.25) is 5.02 Å². The average Bonchev–Trinajstić information content (AvgIpc) is 2.57. The van der Waals surface area contributed by atoms with Crippen LogP contribution in [0.5, 0.6) is 5.75 Å². The molecule has 0 aliphatic heterocycles. The van der Waals surface area contributed by atoms with Crippen LogP contribution in [-0.4, -0.2) is 23.5 Å². The van der Waals surface area contributed by atoms with E-state index in [4.69, 9.17) is 21.4 Å². The van der Waals surface area contributed by atoms with Gasteiger partial charge in [-0.2, -0.15) is 0 Å². The Bertz CT molecular complexity index is 735. The summed E-state index contributed by atoms with van der Waals surface area (Å²) < 4.78 is 5.43. The van der Waals surface area contributed by atoms with E-state index < -0.39 is 5.97 Å². The highest BCUT2D eigenvalue weighted by atomic mass is 35.5. The Hall–Kier alpha value is -2.59. The molecular weight excluding hydrogens is 328 g/mol. The number of aliphatic carboxylic acids is 1. The van der Waals surface area contributed by atoms with Gasteiger partial charge in [0.1, 0.15) is 5.75 Å². The number of carboxylic acids is 1. The first-order valence-electron chi connectivity index (χ1n) is 7.47. The van der Waals surface area contributed by atoms with Crippen LogP contribution in [0.3, 0.4) is 0 Å². The standard InChI is InChI=1S/C19H17ClO4/c20-16-4-1-3-14(13-16)6-11-18(21)15-7-9-17(10-8-15)24-12-2-5-19(22)23/h1,3-4,6-11,13H,2,5,12H2,(H,22,23)/b11-6+. The molecule has 0 saturated carbocycles. The summed E-state index contributed by atoms with van der Waals surface area (Å²) in [6.45, 7) is 0.328. The van der Waals surface area contributed by atoms with Gasteiger partial charge in [0.15, 0.2) is 5.78 Å². The lowest BCUT2D eigenvalue weighted by atomic mass is 10.1. The number of ether oxygens (including phenoxy) is 1. The first kappa shape index (κ1) is 17.8. The zero-order valence-corrected chi connectivity index (χ0v) is 13.7. The zero-order valence-electron chi connectivity index (χ0n) is 12.9. The second-order valence-electron chi connectivity index (χ2n) is 5.12. The lowest BCUT2D eigenvalue weighted by Gasteiger charge is -2.05. The second kappa shape index (κ2) is 8.89. The number of hydrogen-bond acceptors (Lipinski definition) is 3. The number of halogens is 1. The molecule has 0 aromatic heterocycles. The normalized spacial score (nSPS) is 10.7. The highest BCUT2D eigenvalue weighted by Gasteiger charge is 2.03. The van der Waals surface area contributed by atoms with Gasteiger partial charge in [0.05, 0.1) is 6.61 Å². The summed E-state index contributed by atoms with van der Waals surface area (Å²) in [6.07, 6.45) is 3.72. The molecule has 0 fully saturated rings.